The first-order chi connectivity index (χ1) is 10.0. The molecule has 2 aliphatic carbocycles. The molecule has 3 atom stereocenters. The number of hydrogen-bond donors (Lipinski definition) is 1. The number of aliphatic hydroxyl groups is 1. The Bertz CT molecular complexity index is 510. The van der Waals surface area contributed by atoms with Gasteiger partial charge in [0.05, 0.1) is 5.60 Å². The summed E-state index contributed by atoms with van der Waals surface area (Å²) in [6.45, 7) is 14.5. The van der Waals surface area contributed by atoms with E-state index in [1.165, 1.54) is 18.4 Å². The summed E-state index contributed by atoms with van der Waals surface area (Å²) in [7, 11) is 0. The summed E-state index contributed by atoms with van der Waals surface area (Å²) < 4.78 is 0. The van der Waals surface area contributed by atoms with E-state index < -0.39 is 5.60 Å². The second kappa shape index (κ2) is 5.63. The van der Waals surface area contributed by atoms with Crippen molar-refractivity contribution in [2.45, 2.75) is 78.7 Å². The zero-order valence-electron chi connectivity index (χ0n) is 15.0. The number of carbonyl (C=O) groups is 1. The van der Waals surface area contributed by atoms with E-state index in [2.05, 4.69) is 27.4 Å². The molecule has 2 rings (SSSR count). The Kier molecular flexibility index (Phi) is 4.47. The predicted molar refractivity (Wildman–Crippen MR) is 91.6 cm³/mol. The summed E-state index contributed by atoms with van der Waals surface area (Å²) in [5.74, 6) is 0.735. The Balaban J connectivity index is 2.38. The highest BCUT2D eigenvalue weighted by molar-refractivity contribution is 5.97. The first kappa shape index (κ1) is 17.5. The average Bonchev–Trinajstić information content (AvgIpc) is 2.41. The second-order valence-electron chi connectivity index (χ2n) is 8.60. The monoisotopic (exact) mass is 304 g/mol. The maximum absolute atomic E-state index is 12.5. The third-order valence-electron chi connectivity index (χ3n) is 6.50. The molecular weight excluding hydrogens is 272 g/mol. The molecule has 0 aliphatic heterocycles. The van der Waals surface area contributed by atoms with Crippen molar-refractivity contribution in [2.75, 3.05) is 0 Å². The van der Waals surface area contributed by atoms with Crippen LogP contribution in [0.4, 0.5) is 0 Å². The smallest absolute Gasteiger partial charge is 0.158 e. The minimum absolute atomic E-state index is 0.108. The fourth-order valence-corrected chi connectivity index (χ4v) is 4.87. The molecule has 2 nitrogen and oxygen atoms in total. The Morgan fingerprint density at radius 1 is 1.36 bits per heavy atom. The minimum atomic E-state index is -0.857. The zero-order chi connectivity index (χ0) is 16.8. The van der Waals surface area contributed by atoms with Crippen LogP contribution in [-0.2, 0) is 4.79 Å². The highest BCUT2D eigenvalue weighted by atomic mass is 16.3. The first-order valence-corrected chi connectivity index (χ1v) is 8.63. The molecule has 0 spiro atoms. The molecule has 0 bridgehead atoms. The molecule has 0 aromatic rings. The summed E-state index contributed by atoms with van der Waals surface area (Å²) in [6, 6.07) is 0. The van der Waals surface area contributed by atoms with Crippen molar-refractivity contribution >= 4 is 5.78 Å². The lowest BCUT2D eigenvalue weighted by atomic mass is 9.49. The van der Waals surface area contributed by atoms with Crippen LogP contribution >= 0.6 is 0 Å². The van der Waals surface area contributed by atoms with Gasteiger partial charge in [-0.25, -0.2) is 0 Å². The molecule has 1 fully saturated rings. The Morgan fingerprint density at radius 3 is 2.59 bits per heavy atom. The molecule has 0 unspecified atom stereocenters. The van der Waals surface area contributed by atoms with Gasteiger partial charge in [-0.2, -0.15) is 0 Å². The molecule has 22 heavy (non-hydrogen) atoms. The topological polar surface area (TPSA) is 37.3 Å². The van der Waals surface area contributed by atoms with Crippen LogP contribution in [0.25, 0.3) is 0 Å². The van der Waals surface area contributed by atoms with Crippen molar-refractivity contribution in [1.29, 1.82) is 0 Å². The van der Waals surface area contributed by atoms with Crippen molar-refractivity contribution in [3.8, 4) is 0 Å². The van der Waals surface area contributed by atoms with E-state index in [0.29, 0.717) is 24.5 Å². The first-order valence-electron chi connectivity index (χ1n) is 8.63. The maximum Gasteiger partial charge on any atom is 0.158 e. The molecule has 2 heteroatoms. The van der Waals surface area contributed by atoms with Gasteiger partial charge < -0.3 is 5.11 Å². The number of allylic oxidation sites excluding steroid dienone is 2. The largest absolute Gasteiger partial charge is 0.386 e. The zero-order valence-corrected chi connectivity index (χ0v) is 15.0. The molecule has 0 saturated heterocycles. The van der Waals surface area contributed by atoms with Crippen molar-refractivity contribution in [3.05, 3.63) is 23.8 Å². The summed E-state index contributed by atoms with van der Waals surface area (Å²) in [6.07, 6.45) is 7.32. The SMILES string of the molecule is C=C[C@@](C)(O)CCC1=C(C)C(=O)C[C@@H]2C(C)(C)CCC[C@@]12C. The van der Waals surface area contributed by atoms with Crippen molar-refractivity contribution in [2.24, 2.45) is 16.7 Å². The molecule has 0 radical (unpaired) electrons. The molecule has 0 heterocycles. The molecule has 2 aliphatic rings. The molecule has 1 saturated carbocycles. The minimum Gasteiger partial charge on any atom is -0.386 e. The van der Waals surface area contributed by atoms with Gasteiger partial charge in [-0.1, -0.05) is 38.8 Å². The van der Waals surface area contributed by atoms with Crippen LogP contribution in [0.2, 0.25) is 0 Å². The third kappa shape index (κ3) is 2.95. The van der Waals surface area contributed by atoms with E-state index in [0.717, 1.165) is 18.4 Å². The Hall–Kier alpha value is -0.890. The summed E-state index contributed by atoms with van der Waals surface area (Å²) >= 11 is 0. The maximum atomic E-state index is 12.5. The van der Waals surface area contributed by atoms with Gasteiger partial charge in [0.25, 0.3) is 0 Å². The summed E-state index contributed by atoms with van der Waals surface area (Å²) in [5, 5.41) is 10.3. The van der Waals surface area contributed by atoms with Gasteiger partial charge >= 0.3 is 0 Å². The normalized spacial score (nSPS) is 34.1. The van der Waals surface area contributed by atoms with E-state index in [4.69, 9.17) is 0 Å². The molecule has 124 valence electrons. The van der Waals surface area contributed by atoms with E-state index in [1.807, 2.05) is 6.92 Å². The van der Waals surface area contributed by atoms with Crippen LogP contribution in [0.5, 0.6) is 0 Å². The van der Waals surface area contributed by atoms with Gasteiger partial charge in [0.1, 0.15) is 0 Å². The van der Waals surface area contributed by atoms with Crippen LogP contribution in [0.3, 0.4) is 0 Å². The van der Waals surface area contributed by atoms with Crippen LogP contribution in [0, 0.1) is 16.7 Å². The Morgan fingerprint density at radius 2 is 2.00 bits per heavy atom. The molecule has 1 N–H and O–H groups in total. The number of rotatable bonds is 4. The van der Waals surface area contributed by atoms with Crippen molar-refractivity contribution < 1.29 is 9.90 Å². The second-order valence-corrected chi connectivity index (χ2v) is 8.60. The number of ketones is 1. The van der Waals surface area contributed by atoms with Gasteiger partial charge in [-0.15, -0.1) is 6.58 Å². The van der Waals surface area contributed by atoms with Gasteiger partial charge in [-0.3, -0.25) is 4.79 Å². The quantitative estimate of drug-likeness (QED) is 0.756. The predicted octanol–water partition coefficient (Wildman–Crippen LogP) is 4.83. The number of carbonyl (C=O) groups excluding carboxylic acids is 1. The van der Waals surface area contributed by atoms with E-state index >= 15 is 0 Å². The summed E-state index contributed by atoms with van der Waals surface area (Å²) in [5.41, 5.74) is 1.72. The van der Waals surface area contributed by atoms with E-state index in [9.17, 15) is 9.90 Å². The molecule has 0 aromatic carbocycles. The molecular formula is C20H32O2. The van der Waals surface area contributed by atoms with Crippen LogP contribution in [0.15, 0.2) is 23.8 Å². The average molecular weight is 304 g/mol. The van der Waals surface area contributed by atoms with Crippen LogP contribution in [-0.4, -0.2) is 16.5 Å². The fraction of sp³-hybridized carbons (Fsp3) is 0.750. The number of Topliss-reactive ketones (excluding diaryl/α,β-unsaturated/α-hetero) is 1. The third-order valence-corrected chi connectivity index (χ3v) is 6.50. The van der Waals surface area contributed by atoms with Gasteiger partial charge in [0, 0.05) is 6.42 Å². The lowest BCUT2D eigenvalue weighted by molar-refractivity contribution is -0.122. The highest BCUT2D eigenvalue weighted by Crippen LogP contribution is 2.59. The van der Waals surface area contributed by atoms with Crippen molar-refractivity contribution in [1.82, 2.24) is 0 Å². The lowest BCUT2D eigenvalue weighted by Crippen LogP contribution is -2.47. The van der Waals surface area contributed by atoms with E-state index in [1.54, 1.807) is 13.0 Å². The van der Waals surface area contributed by atoms with E-state index in [-0.39, 0.29) is 10.8 Å². The van der Waals surface area contributed by atoms with Crippen LogP contribution < -0.4 is 0 Å². The summed E-state index contributed by atoms with van der Waals surface area (Å²) in [4.78, 5) is 12.5. The van der Waals surface area contributed by atoms with Crippen LogP contribution in [0.1, 0.15) is 73.1 Å². The lowest BCUT2D eigenvalue weighted by Gasteiger charge is -2.54. The fourth-order valence-electron chi connectivity index (χ4n) is 4.87. The van der Waals surface area contributed by atoms with Gasteiger partial charge in [-0.05, 0) is 61.9 Å². The van der Waals surface area contributed by atoms with Crippen molar-refractivity contribution in [3.63, 3.8) is 0 Å². The Labute approximate surface area is 135 Å². The van der Waals surface area contributed by atoms with Gasteiger partial charge in [0.2, 0.25) is 0 Å². The van der Waals surface area contributed by atoms with Gasteiger partial charge in [0.15, 0.2) is 5.78 Å². The molecule has 0 aromatic heterocycles. The standard InChI is InChI=1S/C20H32O2/c1-7-19(5,22)12-9-15-14(2)16(21)13-17-18(3,4)10-8-11-20(15,17)6/h7,17,22H,1,8-13H2,2-6H3/t17-,19-,20+/m1/s1. The highest BCUT2D eigenvalue weighted by Gasteiger charge is 2.51. The number of hydrogen-bond acceptors (Lipinski definition) is 2. The number of fused-ring (bicyclic) bond motifs is 1. The molecule has 0 amide bonds.